The van der Waals surface area contributed by atoms with E-state index in [-0.39, 0.29) is 0 Å². The average Bonchev–Trinajstić information content (AvgIpc) is 2.73. The number of aromatic nitrogens is 1. The molecule has 3 nitrogen and oxygen atoms in total. The van der Waals surface area contributed by atoms with E-state index in [1.165, 1.54) is 4.73 Å². The molecule has 0 radical (unpaired) electrons. The van der Waals surface area contributed by atoms with Crippen molar-refractivity contribution in [1.82, 2.24) is 4.73 Å². The van der Waals surface area contributed by atoms with Crippen molar-refractivity contribution in [3.05, 3.63) is 24.0 Å². The van der Waals surface area contributed by atoms with Gasteiger partial charge >= 0.3 is 0 Å². The van der Waals surface area contributed by atoms with Crippen LogP contribution in [0.25, 0.3) is 0 Å². The van der Waals surface area contributed by atoms with Crippen molar-refractivity contribution in [2.24, 2.45) is 0 Å². The second kappa shape index (κ2) is 2.58. The van der Waals surface area contributed by atoms with Gasteiger partial charge in [-0.3, -0.25) is 0 Å². The first-order valence-corrected chi connectivity index (χ1v) is 3.83. The van der Waals surface area contributed by atoms with E-state index < -0.39 is 0 Å². The van der Waals surface area contributed by atoms with E-state index in [0.29, 0.717) is 6.10 Å². The van der Waals surface area contributed by atoms with E-state index in [0.717, 1.165) is 25.1 Å². The maximum absolute atomic E-state index is 9.16. The molecule has 1 N–H and O–H groups in total. The first-order valence-electron chi connectivity index (χ1n) is 3.83. The molecule has 1 saturated heterocycles. The Morgan fingerprint density at radius 3 is 3.09 bits per heavy atom. The highest BCUT2D eigenvalue weighted by Crippen LogP contribution is 2.16. The number of nitrogens with zero attached hydrogens (tertiary/aromatic N) is 1. The van der Waals surface area contributed by atoms with Crippen molar-refractivity contribution in [3.8, 4) is 0 Å². The van der Waals surface area contributed by atoms with E-state index in [1.807, 2.05) is 12.1 Å². The summed E-state index contributed by atoms with van der Waals surface area (Å²) in [6.07, 6.45) is 4.01. The van der Waals surface area contributed by atoms with E-state index in [1.54, 1.807) is 6.20 Å². The standard InChI is InChI=1S/C8H11NO2/c10-9-5-1-2-7(9)3-4-8-6-11-8/h1-2,5,8,10H,3-4,6H2. The summed E-state index contributed by atoms with van der Waals surface area (Å²) in [5, 5.41) is 9.16. The number of ether oxygens (including phenoxy) is 1. The maximum Gasteiger partial charge on any atom is 0.0813 e. The third kappa shape index (κ3) is 1.54. The van der Waals surface area contributed by atoms with Gasteiger partial charge < -0.3 is 9.94 Å². The fourth-order valence-electron chi connectivity index (χ4n) is 1.15. The van der Waals surface area contributed by atoms with Crippen LogP contribution in [-0.4, -0.2) is 22.6 Å². The van der Waals surface area contributed by atoms with Crippen LogP contribution < -0.4 is 0 Å². The second-order valence-electron chi connectivity index (χ2n) is 2.84. The summed E-state index contributed by atoms with van der Waals surface area (Å²) < 4.78 is 6.22. The lowest BCUT2D eigenvalue weighted by Gasteiger charge is -1.98. The van der Waals surface area contributed by atoms with Crippen LogP contribution in [0.5, 0.6) is 0 Å². The van der Waals surface area contributed by atoms with Gasteiger partial charge in [-0.2, -0.15) is 4.73 Å². The molecule has 1 fully saturated rings. The van der Waals surface area contributed by atoms with E-state index in [9.17, 15) is 0 Å². The summed E-state index contributed by atoms with van der Waals surface area (Å²) in [6, 6.07) is 3.76. The molecule has 0 bridgehead atoms. The average molecular weight is 153 g/mol. The van der Waals surface area contributed by atoms with Crippen molar-refractivity contribution >= 4 is 0 Å². The van der Waals surface area contributed by atoms with Crippen LogP contribution in [0, 0.1) is 0 Å². The molecule has 0 saturated carbocycles. The van der Waals surface area contributed by atoms with Gasteiger partial charge in [-0.05, 0) is 25.0 Å². The topological polar surface area (TPSA) is 37.7 Å². The van der Waals surface area contributed by atoms with E-state index in [4.69, 9.17) is 9.94 Å². The van der Waals surface area contributed by atoms with Gasteiger partial charge in [-0.15, -0.1) is 0 Å². The SMILES string of the molecule is On1cccc1CCC1CO1. The van der Waals surface area contributed by atoms with Gasteiger partial charge in [0.25, 0.3) is 0 Å². The van der Waals surface area contributed by atoms with Crippen LogP contribution in [0.2, 0.25) is 0 Å². The lowest BCUT2D eigenvalue weighted by molar-refractivity contribution is 0.177. The molecule has 1 aromatic heterocycles. The van der Waals surface area contributed by atoms with Crippen LogP contribution >= 0.6 is 0 Å². The molecular formula is C8H11NO2. The van der Waals surface area contributed by atoms with Gasteiger partial charge in [0.05, 0.1) is 18.4 Å². The summed E-state index contributed by atoms with van der Waals surface area (Å²) in [5.74, 6) is 0. The summed E-state index contributed by atoms with van der Waals surface area (Å²) >= 11 is 0. The highest BCUT2D eigenvalue weighted by atomic mass is 16.6. The number of aryl methyl sites for hydroxylation is 1. The number of hydrogen-bond acceptors (Lipinski definition) is 2. The molecule has 1 aromatic rings. The molecule has 0 aliphatic carbocycles. The maximum atomic E-state index is 9.16. The molecule has 2 heterocycles. The quantitative estimate of drug-likeness (QED) is 0.520. The fourth-order valence-corrected chi connectivity index (χ4v) is 1.15. The van der Waals surface area contributed by atoms with Crippen molar-refractivity contribution in [2.45, 2.75) is 18.9 Å². The van der Waals surface area contributed by atoms with Crippen molar-refractivity contribution in [3.63, 3.8) is 0 Å². The van der Waals surface area contributed by atoms with Gasteiger partial charge in [-0.25, -0.2) is 0 Å². The Balaban J connectivity index is 1.89. The van der Waals surface area contributed by atoms with Crippen molar-refractivity contribution in [2.75, 3.05) is 6.61 Å². The molecule has 0 aromatic carbocycles. The first kappa shape index (κ1) is 6.73. The Labute approximate surface area is 65.2 Å². The minimum absolute atomic E-state index is 0.449. The Morgan fingerprint density at radius 2 is 2.55 bits per heavy atom. The smallest absolute Gasteiger partial charge is 0.0813 e. The van der Waals surface area contributed by atoms with E-state index >= 15 is 0 Å². The second-order valence-corrected chi connectivity index (χ2v) is 2.84. The molecule has 0 spiro atoms. The third-order valence-corrected chi connectivity index (χ3v) is 1.93. The molecule has 1 atom stereocenters. The molecular weight excluding hydrogens is 142 g/mol. The van der Waals surface area contributed by atoms with Crippen LogP contribution in [0.1, 0.15) is 12.1 Å². The van der Waals surface area contributed by atoms with Gasteiger partial charge in [0.2, 0.25) is 0 Å². The lowest BCUT2D eigenvalue weighted by Crippen LogP contribution is -1.98. The largest absolute Gasteiger partial charge is 0.429 e. The van der Waals surface area contributed by atoms with Crippen LogP contribution in [-0.2, 0) is 11.2 Å². The lowest BCUT2D eigenvalue weighted by atomic mass is 10.2. The highest BCUT2D eigenvalue weighted by Gasteiger charge is 2.21. The molecule has 1 aliphatic rings. The minimum atomic E-state index is 0.449. The van der Waals surface area contributed by atoms with Gasteiger partial charge in [0.1, 0.15) is 0 Å². The molecule has 11 heavy (non-hydrogen) atoms. The van der Waals surface area contributed by atoms with Crippen molar-refractivity contribution in [1.29, 1.82) is 0 Å². The Kier molecular flexibility index (Phi) is 1.58. The zero-order valence-electron chi connectivity index (χ0n) is 6.23. The number of epoxide rings is 1. The Hall–Kier alpha value is -0.960. The highest BCUT2D eigenvalue weighted by molar-refractivity contribution is 5.05. The zero-order valence-corrected chi connectivity index (χ0v) is 6.23. The predicted octanol–water partition coefficient (Wildman–Crippen LogP) is 1.06. The number of hydrogen-bond donors (Lipinski definition) is 1. The van der Waals surface area contributed by atoms with Crippen LogP contribution in [0.4, 0.5) is 0 Å². The molecule has 1 unspecified atom stereocenters. The van der Waals surface area contributed by atoms with E-state index in [2.05, 4.69) is 0 Å². The zero-order chi connectivity index (χ0) is 7.68. The molecule has 0 amide bonds. The third-order valence-electron chi connectivity index (χ3n) is 1.93. The Bertz CT molecular complexity index is 240. The normalized spacial score (nSPS) is 22.0. The molecule has 3 heteroatoms. The van der Waals surface area contributed by atoms with Gasteiger partial charge in [0, 0.05) is 6.20 Å². The van der Waals surface area contributed by atoms with Crippen LogP contribution in [0.3, 0.4) is 0 Å². The summed E-state index contributed by atoms with van der Waals surface area (Å²) in [4.78, 5) is 0. The molecule has 1 aliphatic heterocycles. The monoisotopic (exact) mass is 153 g/mol. The number of rotatable bonds is 3. The minimum Gasteiger partial charge on any atom is -0.429 e. The van der Waals surface area contributed by atoms with Crippen molar-refractivity contribution < 1.29 is 9.94 Å². The first-order chi connectivity index (χ1) is 5.36. The summed E-state index contributed by atoms with van der Waals surface area (Å²) in [7, 11) is 0. The van der Waals surface area contributed by atoms with Crippen LogP contribution in [0.15, 0.2) is 18.3 Å². The molecule has 60 valence electrons. The predicted molar refractivity (Wildman–Crippen MR) is 39.7 cm³/mol. The fraction of sp³-hybridized carbons (Fsp3) is 0.500. The summed E-state index contributed by atoms with van der Waals surface area (Å²) in [6.45, 7) is 0.895. The van der Waals surface area contributed by atoms with Gasteiger partial charge in [0.15, 0.2) is 0 Å². The summed E-state index contributed by atoms with van der Waals surface area (Å²) in [5.41, 5.74) is 0.959. The Morgan fingerprint density at radius 1 is 1.73 bits per heavy atom. The van der Waals surface area contributed by atoms with Gasteiger partial charge in [-0.1, -0.05) is 0 Å². The molecule has 2 rings (SSSR count).